The van der Waals surface area contributed by atoms with Gasteiger partial charge in [-0.15, -0.1) is 0 Å². The van der Waals surface area contributed by atoms with E-state index in [1.807, 2.05) is 13.0 Å². The molecule has 0 aliphatic rings. The summed E-state index contributed by atoms with van der Waals surface area (Å²) in [5.41, 5.74) is 0.842. The van der Waals surface area contributed by atoms with Crippen LogP contribution in [-0.2, 0) is 6.54 Å². The lowest BCUT2D eigenvalue weighted by atomic mass is 10.4. The first-order valence-corrected chi connectivity index (χ1v) is 4.94. The molecule has 0 radical (unpaired) electrons. The summed E-state index contributed by atoms with van der Waals surface area (Å²) in [6.45, 7) is 2.43. The van der Waals surface area contributed by atoms with E-state index in [-0.39, 0.29) is 0 Å². The highest BCUT2D eigenvalue weighted by atomic mass is 16.5. The molecule has 0 saturated heterocycles. The second kappa shape index (κ2) is 4.61. The van der Waals surface area contributed by atoms with Gasteiger partial charge in [0.25, 0.3) is 0 Å². The van der Waals surface area contributed by atoms with Crippen LogP contribution >= 0.6 is 0 Å². The van der Waals surface area contributed by atoms with E-state index < -0.39 is 0 Å². The van der Waals surface area contributed by atoms with Crippen molar-refractivity contribution in [1.82, 2.24) is 15.1 Å². The number of nitrogens with zero attached hydrogens (tertiary/aromatic N) is 3. The Hall–Kier alpha value is -2.11. The molecular formula is C10H13N5O. The number of nitrogens with one attached hydrogen (secondary N) is 2. The smallest absolute Gasteiger partial charge is 0.147 e. The zero-order valence-corrected chi connectivity index (χ0v) is 9.19. The van der Waals surface area contributed by atoms with Gasteiger partial charge in [-0.1, -0.05) is 5.16 Å². The fourth-order valence-corrected chi connectivity index (χ4v) is 1.25. The van der Waals surface area contributed by atoms with Crippen molar-refractivity contribution in [1.29, 1.82) is 0 Å². The van der Waals surface area contributed by atoms with Crippen molar-refractivity contribution in [2.45, 2.75) is 13.5 Å². The highest BCUT2D eigenvalue weighted by Crippen LogP contribution is 2.08. The van der Waals surface area contributed by atoms with Crippen molar-refractivity contribution in [3.8, 4) is 0 Å². The first-order valence-electron chi connectivity index (χ1n) is 4.94. The molecule has 0 aromatic carbocycles. The number of aromatic nitrogens is 3. The fraction of sp³-hybridized carbons (Fsp3) is 0.300. The van der Waals surface area contributed by atoms with Crippen molar-refractivity contribution < 1.29 is 4.52 Å². The molecule has 0 fully saturated rings. The topological polar surface area (TPSA) is 75.9 Å². The summed E-state index contributed by atoms with van der Waals surface area (Å²) >= 11 is 0. The van der Waals surface area contributed by atoms with Crippen LogP contribution in [0.25, 0.3) is 0 Å². The first-order chi connectivity index (χ1) is 7.78. The van der Waals surface area contributed by atoms with Crippen molar-refractivity contribution in [2.24, 2.45) is 0 Å². The second-order valence-electron chi connectivity index (χ2n) is 3.32. The van der Waals surface area contributed by atoms with E-state index in [1.165, 1.54) is 0 Å². The van der Waals surface area contributed by atoms with Gasteiger partial charge in [0.1, 0.15) is 23.1 Å². The Bertz CT molecular complexity index is 468. The van der Waals surface area contributed by atoms with Crippen LogP contribution in [0.3, 0.4) is 0 Å². The predicted molar refractivity (Wildman–Crippen MR) is 60.1 cm³/mol. The summed E-state index contributed by atoms with van der Waals surface area (Å²) < 4.78 is 4.96. The van der Waals surface area contributed by atoms with E-state index >= 15 is 0 Å². The third kappa shape index (κ3) is 2.47. The molecule has 6 heteroatoms. The van der Waals surface area contributed by atoms with Crippen LogP contribution in [0.1, 0.15) is 11.5 Å². The van der Waals surface area contributed by atoms with Crippen LogP contribution in [0.5, 0.6) is 0 Å². The normalized spacial score (nSPS) is 10.1. The van der Waals surface area contributed by atoms with Gasteiger partial charge in [0.2, 0.25) is 0 Å². The maximum Gasteiger partial charge on any atom is 0.147 e. The lowest BCUT2D eigenvalue weighted by Gasteiger charge is -2.04. The maximum absolute atomic E-state index is 4.96. The van der Waals surface area contributed by atoms with E-state index in [1.54, 1.807) is 19.4 Å². The molecule has 0 bridgehead atoms. The Morgan fingerprint density at radius 3 is 2.81 bits per heavy atom. The van der Waals surface area contributed by atoms with Crippen LogP contribution in [0, 0.1) is 6.92 Å². The van der Waals surface area contributed by atoms with Crippen LogP contribution in [-0.4, -0.2) is 22.2 Å². The summed E-state index contributed by atoms with van der Waals surface area (Å²) in [6, 6.07) is 1.88. The number of anilines is 2. The SMILES string of the molecule is CNc1cncc(NCc2cc(C)on2)n1. The minimum Gasteiger partial charge on any atom is -0.372 e. The lowest BCUT2D eigenvalue weighted by Crippen LogP contribution is -2.03. The summed E-state index contributed by atoms with van der Waals surface area (Å²) in [5, 5.41) is 9.91. The first kappa shape index (κ1) is 10.4. The molecule has 0 amide bonds. The molecule has 2 aromatic rings. The zero-order valence-electron chi connectivity index (χ0n) is 9.19. The Kier molecular flexibility index (Phi) is 3.00. The van der Waals surface area contributed by atoms with Gasteiger partial charge >= 0.3 is 0 Å². The number of aryl methyl sites for hydroxylation is 1. The monoisotopic (exact) mass is 219 g/mol. The van der Waals surface area contributed by atoms with Gasteiger partial charge < -0.3 is 15.2 Å². The highest BCUT2D eigenvalue weighted by molar-refractivity contribution is 5.41. The molecule has 0 aliphatic carbocycles. The average molecular weight is 219 g/mol. The van der Waals surface area contributed by atoms with Crippen molar-refractivity contribution in [2.75, 3.05) is 17.7 Å². The minimum atomic E-state index is 0.569. The molecule has 0 aliphatic heterocycles. The molecule has 2 rings (SSSR count). The molecule has 6 nitrogen and oxygen atoms in total. The summed E-state index contributed by atoms with van der Waals surface area (Å²) in [6.07, 6.45) is 3.32. The predicted octanol–water partition coefficient (Wildman–Crippen LogP) is 1.43. The van der Waals surface area contributed by atoms with Crippen LogP contribution in [0.2, 0.25) is 0 Å². The molecule has 0 saturated carbocycles. The van der Waals surface area contributed by atoms with Crippen molar-refractivity contribution in [3.63, 3.8) is 0 Å². The number of hydrogen-bond acceptors (Lipinski definition) is 6. The molecule has 84 valence electrons. The molecule has 0 unspecified atom stereocenters. The summed E-state index contributed by atoms with van der Waals surface area (Å²) in [7, 11) is 1.80. The third-order valence-corrected chi connectivity index (χ3v) is 2.02. The van der Waals surface area contributed by atoms with E-state index in [0.29, 0.717) is 12.4 Å². The van der Waals surface area contributed by atoms with Gasteiger partial charge in [0, 0.05) is 13.1 Å². The molecule has 0 spiro atoms. The van der Waals surface area contributed by atoms with Crippen molar-refractivity contribution in [3.05, 3.63) is 29.9 Å². The number of hydrogen-bond donors (Lipinski definition) is 2. The maximum atomic E-state index is 4.96. The molecule has 2 heterocycles. The van der Waals surface area contributed by atoms with E-state index in [9.17, 15) is 0 Å². The minimum absolute atomic E-state index is 0.569. The van der Waals surface area contributed by atoms with E-state index in [2.05, 4.69) is 25.8 Å². The van der Waals surface area contributed by atoms with E-state index in [4.69, 9.17) is 4.52 Å². The quantitative estimate of drug-likeness (QED) is 0.810. The van der Waals surface area contributed by atoms with Gasteiger partial charge in [0.05, 0.1) is 18.9 Å². The molecule has 16 heavy (non-hydrogen) atoms. The van der Waals surface area contributed by atoms with Gasteiger partial charge in [0.15, 0.2) is 0 Å². The molecule has 2 N–H and O–H groups in total. The Labute approximate surface area is 93.1 Å². The third-order valence-electron chi connectivity index (χ3n) is 2.02. The fourth-order valence-electron chi connectivity index (χ4n) is 1.25. The van der Waals surface area contributed by atoms with Gasteiger partial charge in [-0.25, -0.2) is 4.98 Å². The molecule has 0 atom stereocenters. The average Bonchev–Trinajstić information content (AvgIpc) is 2.73. The standard InChI is InChI=1S/C10H13N5O/c1-7-3-8(15-16-7)4-13-10-6-12-5-9(11-2)14-10/h3,5-6H,4H2,1-2H3,(H2,11,13,14). The van der Waals surface area contributed by atoms with Crippen LogP contribution in [0.15, 0.2) is 23.0 Å². The zero-order chi connectivity index (χ0) is 11.4. The van der Waals surface area contributed by atoms with Gasteiger partial charge in [-0.3, -0.25) is 4.98 Å². The molecular weight excluding hydrogens is 206 g/mol. The largest absolute Gasteiger partial charge is 0.372 e. The number of rotatable bonds is 4. The Morgan fingerprint density at radius 2 is 2.12 bits per heavy atom. The van der Waals surface area contributed by atoms with Gasteiger partial charge in [-0.2, -0.15) is 0 Å². The summed E-state index contributed by atoms with van der Waals surface area (Å²) in [5.74, 6) is 2.22. The second-order valence-corrected chi connectivity index (χ2v) is 3.32. The van der Waals surface area contributed by atoms with Crippen LogP contribution in [0.4, 0.5) is 11.6 Å². The van der Waals surface area contributed by atoms with Gasteiger partial charge in [-0.05, 0) is 6.92 Å². The van der Waals surface area contributed by atoms with Crippen molar-refractivity contribution >= 4 is 11.6 Å². The lowest BCUT2D eigenvalue weighted by molar-refractivity contribution is 0.391. The van der Waals surface area contributed by atoms with E-state index in [0.717, 1.165) is 17.3 Å². The highest BCUT2D eigenvalue weighted by Gasteiger charge is 2.01. The molecule has 2 aromatic heterocycles. The Morgan fingerprint density at radius 1 is 1.31 bits per heavy atom. The van der Waals surface area contributed by atoms with Crippen LogP contribution < -0.4 is 10.6 Å². The Balaban J connectivity index is 1.99. The summed E-state index contributed by atoms with van der Waals surface area (Å²) in [4.78, 5) is 8.31.